The summed E-state index contributed by atoms with van der Waals surface area (Å²) in [5, 5.41) is 0. The monoisotopic (exact) mass is 260 g/mol. The molecule has 3 heteroatoms. The predicted octanol–water partition coefficient (Wildman–Crippen LogP) is 3.83. The van der Waals surface area contributed by atoms with Crippen molar-refractivity contribution in [3.63, 3.8) is 0 Å². The van der Waals surface area contributed by atoms with Gasteiger partial charge in [-0.3, -0.25) is 0 Å². The molecule has 0 atom stereocenters. The van der Waals surface area contributed by atoms with Gasteiger partial charge in [0, 0.05) is 24.6 Å². The SMILES string of the molecule is CCCCCN1C=CN(c2ccc(OCC)cc2)C1. The highest BCUT2D eigenvalue weighted by Gasteiger charge is 2.13. The van der Waals surface area contributed by atoms with Crippen LogP contribution in [0.25, 0.3) is 0 Å². The van der Waals surface area contributed by atoms with E-state index in [0.717, 1.165) is 19.0 Å². The van der Waals surface area contributed by atoms with E-state index in [1.807, 2.05) is 19.1 Å². The van der Waals surface area contributed by atoms with Crippen LogP contribution in [0.2, 0.25) is 0 Å². The molecule has 0 amide bonds. The van der Waals surface area contributed by atoms with Gasteiger partial charge in [-0.05, 0) is 37.6 Å². The van der Waals surface area contributed by atoms with Crippen molar-refractivity contribution in [2.75, 3.05) is 24.7 Å². The molecule has 0 aliphatic carbocycles. The minimum atomic E-state index is 0.716. The molecule has 0 fully saturated rings. The summed E-state index contributed by atoms with van der Waals surface area (Å²) in [4.78, 5) is 4.63. The first-order valence-corrected chi connectivity index (χ1v) is 7.25. The number of rotatable bonds is 7. The van der Waals surface area contributed by atoms with Crippen LogP contribution in [0.3, 0.4) is 0 Å². The van der Waals surface area contributed by atoms with Crippen molar-refractivity contribution >= 4 is 5.69 Å². The minimum absolute atomic E-state index is 0.716. The lowest BCUT2D eigenvalue weighted by atomic mass is 10.2. The van der Waals surface area contributed by atoms with E-state index in [2.05, 4.69) is 41.3 Å². The standard InChI is InChI=1S/C16H24N2O/c1-3-5-6-11-17-12-13-18(14-17)15-7-9-16(10-8-15)19-4-2/h7-10,12-13H,3-6,11,14H2,1-2H3. The zero-order valence-electron chi connectivity index (χ0n) is 12.0. The summed E-state index contributed by atoms with van der Waals surface area (Å²) in [6.45, 7) is 7.07. The van der Waals surface area contributed by atoms with E-state index in [0.29, 0.717) is 6.61 Å². The van der Waals surface area contributed by atoms with Crippen LogP contribution in [0.4, 0.5) is 5.69 Å². The molecule has 1 aliphatic rings. The van der Waals surface area contributed by atoms with Gasteiger partial charge in [-0.2, -0.15) is 0 Å². The molecule has 2 rings (SSSR count). The molecule has 104 valence electrons. The summed E-state index contributed by atoms with van der Waals surface area (Å²) in [5.41, 5.74) is 1.22. The Labute approximate surface area is 116 Å². The molecule has 0 radical (unpaired) electrons. The number of anilines is 1. The molecular formula is C16H24N2O. The molecule has 0 aromatic heterocycles. The third kappa shape index (κ3) is 3.91. The van der Waals surface area contributed by atoms with E-state index in [-0.39, 0.29) is 0 Å². The van der Waals surface area contributed by atoms with Crippen molar-refractivity contribution in [3.8, 4) is 5.75 Å². The summed E-state index contributed by atoms with van der Waals surface area (Å²) in [5.74, 6) is 0.939. The minimum Gasteiger partial charge on any atom is -0.494 e. The third-order valence-electron chi connectivity index (χ3n) is 3.32. The highest BCUT2D eigenvalue weighted by molar-refractivity contribution is 5.52. The van der Waals surface area contributed by atoms with Gasteiger partial charge in [-0.1, -0.05) is 19.8 Å². The number of nitrogens with zero attached hydrogens (tertiary/aromatic N) is 2. The van der Waals surface area contributed by atoms with Crippen LogP contribution in [0.1, 0.15) is 33.1 Å². The van der Waals surface area contributed by atoms with Gasteiger partial charge in [0.2, 0.25) is 0 Å². The molecule has 1 aromatic carbocycles. The Morgan fingerprint density at radius 2 is 1.84 bits per heavy atom. The second-order valence-electron chi connectivity index (χ2n) is 4.86. The molecule has 0 saturated heterocycles. The highest BCUT2D eigenvalue weighted by Crippen LogP contribution is 2.22. The summed E-state index contributed by atoms with van der Waals surface area (Å²) in [7, 11) is 0. The summed E-state index contributed by atoms with van der Waals surface area (Å²) < 4.78 is 5.46. The van der Waals surface area contributed by atoms with Gasteiger partial charge in [0.15, 0.2) is 0 Å². The molecule has 0 bridgehead atoms. The predicted molar refractivity (Wildman–Crippen MR) is 80.3 cm³/mol. The fraction of sp³-hybridized carbons (Fsp3) is 0.500. The van der Waals surface area contributed by atoms with Gasteiger partial charge >= 0.3 is 0 Å². The highest BCUT2D eigenvalue weighted by atomic mass is 16.5. The quantitative estimate of drug-likeness (QED) is 0.693. The van der Waals surface area contributed by atoms with Crippen LogP contribution in [0, 0.1) is 0 Å². The number of unbranched alkanes of at least 4 members (excludes halogenated alkanes) is 2. The smallest absolute Gasteiger partial charge is 0.119 e. The maximum absolute atomic E-state index is 5.46. The van der Waals surface area contributed by atoms with Crippen molar-refractivity contribution < 1.29 is 4.74 Å². The lowest BCUT2D eigenvalue weighted by molar-refractivity contribution is 0.340. The first kappa shape index (κ1) is 13.8. The fourth-order valence-corrected chi connectivity index (χ4v) is 2.24. The van der Waals surface area contributed by atoms with Crippen LogP contribution in [-0.4, -0.2) is 24.7 Å². The molecule has 0 N–H and O–H groups in total. The average molecular weight is 260 g/mol. The topological polar surface area (TPSA) is 15.7 Å². The zero-order valence-corrected chi connectivity index (χ0v) is 12.0. The molecule has 0 spiro atoms. The van der Waals surface area contributed by atoms with E-state index in [4.69, 9.17) is 4.74 Å². The van der Waals surface area contributed by atoms with E-state index in [1.54, 1.807) is 0 Å². The van der Waals surface area contributed by atoms with Crippen LogP contribution in [-0.2, 0) is 0 Å². The van der Waals surface area contributed by atoms with Crippen molar-refractivity contribution in [3.05, 3.63) is 36.7 Å². The first-order chi connectivity index (χ1) is 9.33. The van der Waals surface area contributed by atoms with Crippen LogP contribution in [0.15, 0.2) is 36.7 Å². The van der Waals surface area contributed by atoms with Crippen LogP contribution >= 0.6 is 0 Å². The van der Waals surface area contributed by atoms with Gasteiger partial charge in [-0.25, -0.2) is 0 Å². The molecule has 1 aromatic rings. The normalized spacial score (nSPS) is 14.2. The number of hydrogen-bond acceptors (Lipinski definition) is 3. The lowest BCUT2D eigenvalue weighted by Crippen LogP contribution is -2.25. The van der Waals surface area contributed by atoms with Crippen molar-refractivity contribution in [2.45, 2.75) is 33.1 Å². The molecule has 0 saturated carbocycles. The average Bonchev–Trinajstić information content (AvgIpc) is 2.89. The van der Waals surface area contributed by atoms with E-state index >= 15 is 0 Å². The summed E-state index contributed by atoms with van der Waals surface area (Å²) in [6.07, 6.45) is 8.21. The second-order valence-corrected chi connectivity index (χ2v) is 4.86. The number of ether oxygens (including phenoxy) is 1. The number of hydrogen-bond donors (Lipinski definition) is 0. The largest absolute Gasteiger partial charge is 0.494 e. The molecular weight excluding hydrogens is 236 g/mol. The van der Waals surface area contributed by atoms with Gasteiger partial charge in [0.05, 0.1) is 13.3 Å². The van der Waals surface area contributed by atoms with Crippen molar-refractivity contribution in [1.82, 2.24) is 4.90 Å². The molecule has 1 heterocycles. The third-order valence-corrected chi connectivity index (χ3v) is 3.32. The Hall–Kier alpha value is -1.64. The van der Waals surface area contributed by atoms with E-state index in [9.17, 15) is 0 Å². The van der Waals surface area contributed by atoms with Crippen molar-refractivity contribution in [2.24, 2.45) is 0 Å². The Balaban J connectivity index is 1.85. The second kappa shape index (κ2) is 7.07. The maximum atomic E-state index is 5.46. The van der Waals surface area contributed by atoms with Crippen molar-refractivity contribution in [1.29, 1.82) is 0 Å². The Morgan fingerprint density at radius 3 is 2.53 bits per heavy atom. The zero-order chi connectivity index (χ0) is 13.5. The Morgan fingerprint density at radius 1 is 1.05 bits per heavy atom. The summed E-state index contributed by atoms with van der Waals surface area (Å²) >= 11 is 0. The molecule has 19 heavy (non-hydrogen) atoms. The van der Waals surface area contributed by atoms with Gasteiger partial charge < -0.3 is 14.5 Å². The molecule has 3 nitrogen and oxygen atoms in total. The number of benzene rings is 1. The molecule has 0 unspecified atom stereocenters. The van der Waals surface area contributed by atoms with Crippen LogP contribution in [0.5, 0.6) is 5.75 Å². The first-order valence-electron chi connectivity index (χ1n) is 7.25. The maximum Gasteiger partial charge on any atom is 0.119 e. The fourth-order valence-electron chi connectivity index (χ4n) is 2.24. The van der Waals surface area contributed by atoms with E-state index in [1.165, 1.54) is 24.9 Å². The lowest BCUT2D eigenvalue weighted by Gasteiger charge is -2.21. The van der Waals surface area contributed by atoms with Gasteiger partial charge in [0.1, 0.15) is 5.75 Å². The van der Waals surface area contributed by atoms with E-state index < -0.39 is 0 Å². The van der Waals surface area contributed by atoms with Gasteiger partial charge in [0.25, 0.3) is 0 Å². The molecule has 1 aliphatic heterocycles. The summed E-state index contributed by atoms with van der Waals surface area (Å²) in [6, 6.07) is 8.30. The van der Waals surface area contributed by atoms with Crippen LogP contribution < -0.4 is 9.64 Å². The Bertz CT molecular complexity index is 400. The Kier molecular flexibility index (Phi) is 5.13. The van der Waals surface area contributed by atoms with Gasteiger partial charge in [-0.15, -0.1) is 0 Å².